The lowest BCUT2D eigenvalue weighted by Gasteiger charge is -2.23. The van der Waals surface area contributed by atoms with E-state index in [-0.39, 0.29) is 6.09 Å². The molecule has 1 fully saturated rings. The predicted octanol–water partition coefficient (Wildman–Crippen LogP) is 2.97. The zero-order valence-corrected chi connectivity index (χ0v) is 16.1. The van der Waals surface area contributed by atoms with Gasteiger partial charge in [-0.05, 0) is 52.3 Å². The number of hydrogen-bond donors (Lipinski definition) is 1. The zero-order valence-electron chi connectivity index (χ0n) is 16.1. The summed E-state index contributed by atoms with van der Waals surface area (Å²) in [5, 5.41) is 2.82. The molecule has 1 aromatic rings. The van der Waals surface area contributed by atoms with E-state index in [0.717, 1.165) is 26.2 Å². The Balaban J connectivity index is 1.61. The Morgan fingerprint density at radius 1 is 1.32 bits per heavy atom. The summed E-state index contributed by atoms with van der Waals surface area (Å²) in [6.07, 6.45) is 0.909. The Labute approximate surface area is 152 Å². The third-order valence-corrected chi connectivity index (χ3v) is 4.35. The molecule has 0 spiro atoms. The van der Waals surface area contributed by atoms with Gasteiger partial charge in [0.1, 0.15) is 5.60 Å². The predicted molar refractivity (Wildman–Crippen MR) is 102 cm³/mol. The minimum atomic E-state index is -0.442. The van der Waals surface area contributed by atoms with Crippen molar-refractivity contribution < 1.29 is 9.53 Å². The molecule has 25 heavy (non-hydrogen) atoms. The standard InChI is InChI=1S/C20H33N3O2/c1-20(2,3)25-19(24)21-11-13-22(4)14-18-10-12-23(16-18)15-17-8-6-5-7-9-17/h5-9,18H,10-16H2,1-4H3,(H,21,24)/t18-/m0/s1. The van der Waals surface area contributed by atoms with E-state index in [2.05, 4.69) is 52.5 Å². The number of carbonyl (C=O) groups is 1. The van der Waals surface area contributed by atoms with Gasteiger partial charge in [0, 0.05) is 32.7 Å². The lowest BCUT2D eigenvalue weighted by Crippen LogP contribution is -2.38. The zero-order chi connectivity index (χ0) is 18.3. The van der Waals surface area contributed by atoms with Crippen LogP contribution in [0.25, 0.3) is 0 Å². The van der Waals surface area contributed by atoms with Crippen LogP contribution in [0, 0.1) is 5.92 Å². The number of rotatable bonds is 7. The molecule has 5 nitrogen and oxygen atoms in total. The van der Waals surface area contributed by atoms with E-state index in [9.17, 15) is 4.79 Å². The van der Waals surface area contributed by atoms with Crippen LogP contribution in [0.3, 0.4) is 0 Å². The first-order chi connectivity index (χ1) is 11.8. The van der Waals surface area contributed by atoms with E-state index in [4.69, 9.17) is 4.74 Å². The van der Waals surface area contributed by atoms with E-state index < -0.39 is 5.60 Å². The Morgan fingerprint density at radius 2 is 2.04 bits per heavy atom. The largest absolute Gasteiger partial charge is 0.444 e. The molecule has 0 aromatic heterocycles. The molecule has 1 atom stereocenters. The molecule has 0 bridgehead atoms. The van der Waals surface area contributed by atoms with Crippen LogP contribution in [0.5, 0.6) is 0 Å². The Bertz CT molecular complexity index is 527. The van der Waals surface area contributed by atoms with Crippen molar-refractivity contribution in [1.29, 1.82) is 0 Å². The van der Waals surface area contributed by atoms with E-state index >= 15 is 0 Å². The van der Waals surface area contributed by atoms with E-state index in [0.29, 0.717) is 12.5 Å². The second kappa shape index (κ2) is 9.20. The molecule has 2 rings (SSSR count). The second-order valence-corrected chi connectivity index (χ2v) is 8.07. The van der Waals surface area contributed by atoms with Gasteiger partial charge in [-0.2, -0.15) is 0 Å². The molecule has 1 saturated heterocycles. The molecule has 1 N–H and O–H groups in total. The molecule has 1 aromatic carbocycles. The molecule has 1 amide bonds. The van der Waals surface area contributed by atoms with Crippen LogP contribution >= 0.6 is 0 Å². The summed E-state index contributed by atoms with van der Waals surface area (Å²) in [7, 11) is 2.12. The summed E-state index contributed by atoms with van der Waals surface area (Å²) in [6, 6.07) is 10.7. The lowest BCUT2D eigenvalue weighted by atomic mass is 10.1. The molecule has 1 aliphatic rings. The molecular weight excluding hydrogens is 314 g/mol. The summed E-state index contributed by atoms with van der Waals surface area (Å²) in [4.78, 5) is 16.5. The third kappa shape index (κ3) is 7.88. The minimum absolute atomic E-state index is 0.337. The van der Waals surface area contributed by atoms with Crippen LogP contribution in [-0.2, 0) is 11.3 Å². The van der Waals surface area contributed by atoms with Crippen molar-refractivity contribution in [2.45, 2.75) is 39.3 Å². The fourth-order valence-electron chi connectivity index (χ4n) is 3.24. The Morgan fingerprint density at radius 3 is 2.72 bits per heavy atom. The summed E-state index contributed by atoms with van der Waals surface area (Å²) in [5.74, 6) is 0.704. The maximum absolute atomic E-state index is 11.6. The number of hydrogen-bond acceptors (Lipinski definition) is 4. The van der Waals surface area contributed by atoms with E-state index in [1.54, 1.807) is 0 Å². The summed E-state index contributed by atoms with van der Waals surface area (Å²) >= 11 is 0. The fourth-order valence-corrected chi connectivity index (χ4v) is 3.24. The number of ether oxygens (including phenoxy) is 1. The number of nitrogens with one attached hydrogen (secondary N) is 1. The highest BCUT2D eigenvalue weighted by atomic mass is 16.6. The molecule has 0 radical (unpaired) electrons. The minimum Gasteiger partial charge on any atom is -0.444 e. The average Bonchev–Trinajstić information content (AvgIpc) is 2.93. The quantitative estimate of drug-likeness (QED) is 0.824. The molecule has 0 saturated carbocycles. The summed E-state index contributed by atoms with van der Waals surface area (Å²) in [6.45, 7) is 11.5. The Hall–Kier alpha value is -1.59. The van der Waals surface area contributed by atoms with Gasteiger partial charge in [-0.3, -0.25) is 4.90 Å². The van der Waals surface area contributed by atoms with Crippen LogP contribution in [-0.4, -0.2) is 61.3 Å². The van der Waals surface area contributed by atoms with Gasteiger partial charge < -0.3 is 15.0 Å². The highest BCUT2D eigenvalue weighted by Crippen LogP contribution is 2.19. The van der Waals surface area contributed by atoms with Gasteiger partial charge in [0.15, 0.2) is 0 Å². The van der Waals surface area contributed by atoms with Crippen molar-refractivity contribution in [3.05, 3.63) is 35.9 Å². The van der Waals surface area contributed by atoms with Gasteiger partial charge in [0.25, 0.3) is 0 Å². The van der Waals surface area contributed by atoms with Crippen molar-refractivity contribution in [3.8, 4) is 0 Å². The van der Waals surface area contributed by atoms with Gasteiger partial charge in [-0.1, -0.05) is 30.3 Å². The van der Waals surface area contributed by atoms with Gasteiger partial charge in [0.2, 0.25) is 0 Å². The molecule has 1 heterocycles. The number of likely N-dealkylation sites (tertiary alicyclic amines) is 1. The molecule has 0 aliphatic carbocycles. The normalized spacial score (nSPS) is 18.5. The van der Waals surface area contributed by atoms with E-state index in [1.807, 2.05) is 20.8 Å². The lowest BCUT2D eigenvalue weighted by molar-refractivity contribution is 0.0523. The number of alkyl carbamates (subject to hydrolysis) is 1. The summed E-state index contributed by atoms with van der Waals surface area (Å²) < 4.78 is 5.25. The van der Waals surface area contributed by atoms with Gasteiger partial charge in [-0.25, -0.2) is 4.79 Å². The summed E-state index contributed by atoms with van der Waals surface area (Å²) in [5.41, 5.74) is 0.945. The van der Waals surface area contributed by atoms with Crippen LogP contribution < -0.4 is 5.32 Å². The monoisotopic (exact) mass is 347 g/mol. The molecule has 1 aliphatic heterocycles. The van der Waals surface area contributed by atoms with Gasteiger partial charge in [0.05, 0.1) is 0 Å². The highest BCUT2D eigenvalue weighted by Gasteiger charge is 2.23. The number of nitrogens with zero attached hydrogens (tertiary/aromatic N) is 2. The SMILES string of the molecule is CN(CCNC(=O)OC(C)(C)C)C[C@@H]1CCN(Cc2ccccc2)C1. The number of likely N-dealkylation sites (N-methyl/N-ethyl adjacent to an activating group) is 1. The maximum atomic E-state index is 11.6. The van der Waals surface area contributed by atoms with Crippen LogP contribution in [0.15, 0.2) is 30.3 Å². The molecule has 5 heteroatoms. The topological polar surface area (TPSA) is 44.8 Å². The highest BCUT2D eigenvalue weighted by molar-refractivity contribution is 5.67. The molecule has 0 unspecified atom stereocenters. The number of amides is 1. The first-order valence-electron chi connectivity index (χ1n) is 9.23. The fraction of sp³-hybridized carbons (Fsp3) is 0.650. The number of carbonyl (C=O) groups excluding carboxylic acids is 1. The van der Waals surface area contributed by atoms with Gasteiger partial charge >= 0.3 is 6.09 Å². The van der Waals surface area contributed by atoms with Crippen LogP contribution in [0.1, 0.15) is 32.8 Å². The average molecular weight is 348 g/mol. The number of benzene rings is 1. The van der Waals surface area contributed by atoms with Crippen LogP contribution in [0.4, 0.5) is 4.79 Å². The van der Waals surface area contributed by atoms with Crippen LogP contribution in [0.2, 0.25) is 0 Å². The first-order valence-corrected chi connectivity index (χ1v) is 9.23. The van der Waals surface area contributed by atoms with Crippen molar-refractivity contribution in [1.82, 2.24) is 15.1 Å². The smallest absolute Gasteiger partial charge is 0.407 e. The first kappa shape index (κ1) is 19.7. The third-order valence-electron chi connectivity index (χ3n) is 4.35. The Kier molecular flexibility index (Phi) is 7.26. The maximum Gasteiger partial charge on any atom is 0.407 e. The van der Waals surface area contributed by atoms with Crippen molar-refractivity contribution >= 4 is 6.09 Å². The van der Waals surface area contributed by atoms with Crippen molar-refractivity contribution in [2.75, 3.05) is 39.8 Å². The second-order valence-electron chi connectivity index (χ2n) is 8.07. The van der Waals surface area contributed by atoms with Crippen molar-refractivity contribution in [2.24, 2.45) is 5.92 Å². The van der Waals surface area contributed by atoms with E-state index in [1.165, 1.54) is 18.5 Å². The molecule has 140 valence electrons. The van der Waals surface area contributed by atoms with Crippen molar-refractivity contribution in [3.63, 3.8) is 0 Å². The molecular formula is C20H33N3O2. The van der Waals surface area contributed by atoms with Gasteiger partial charge in [-0.15, -0.1) is 0 Å².